The number of furan rings is 1. The molecule has 17 aromatic carbocycles. The highest BCUT2D eigenvalue weighted by molar-refractivity contribution is 7.26. The van der Waals surface area contributed by atoms with Crippen LogP contribution in [0.15, 0.2) is 405 Å². The largest absolute Gasteiger partial charge is 0.456 e. The smallest absolute Gasteiger partial charge is 0.160 e. The third-order valence-corrected chi connectivity index (χ3v) is 27.1. The fraction of sp³-hybridized carbons (Fsp3) is 0.0175. The summed E-state index contributed by atoms with van der Waals surface area (Å²) in [4.78, 5) is 31.8. The maximum absolute atomic E-state index is 7.21. The van der Waals surface area contributed by atoms with E-state index in [0.717, 1.165) is 194 Å². The topological polar surface area (TPSA) is 109 Å². The van der Waals surface area contributed by atoms with E-state index in [9.17, 15) is 0 Å². The lowest BCUT2D eigenvalue weighted by atomic mass is 9.65. The first kappa shape index (κ1) is 69.8. The van der Waals surface area contributed by atoms with E-state index < -0.39 is 10.8 Å². The zero-order valence-electron chi connectivity index (χ0n) is 66.4. The Labute approximate surface area is 715 Å². The van der Waals surface area contributed by atoms with E-state index in [-0.39, 0.29) is 0 Å². The van der Waals surface area contributed by atoms with Gasteiger partial charge in [0.15, 0.2) is 11.6 Å². The van der Waals surface area contributed by atoms with Crippen molar-refractivity contribution in [2.24, 2.45) is 0 Å². The molecule has 124 heavy (non-hydrogen) atoms. The van der Waals surface area contributed by atoms with E-state index >= 15 is 0 Å². The van der Waals surface area contributed by atoms with Crippen LogP contribution in [0.1, 0.15) is 44.5 Å². The molecule has 9 nitrogen and oxygen atoms in total. The second-order valence-corrected chi connectivity index (χ2v) is 33.4. The zero-order valence-corrected chi connectivity index (χ0v) is 67.2. The van der Waals surface area contributed by atoms with Crippen LogP contribution in [0.5, 0.6) is 23.0 Å². The third kappa shape index (κ3) is 10.2. The molecule has 2 aliphatic heterocycles. The van der Waals surface area contributed by atoms with Crippen molar-refractivity contribution in [1.82, 2.24) is 29.9 Å². The molecule has 6 aromatic heterocycles. The average Bonchev–Trinajstić information content (AvgIpc) is 1.42. The predicted octanol–water partition coefficient (Wildman–Crippen LogP) is 29.2. The fourth-order valence-electron chi connectivity index (χ4n) is 20.7. The maximum atomic E-state index is 7.21. The number of fused-ring (bicyclic) bond motifs is 32. The van der Waals surface area contributed by atoms with Gasteiger partial charge in [0.2, 0.25) is 0 Å². The van der Waals surface area contributed by atoms with Crippen molar-refractivity contribution in [1.29, 1.82) is 0 Å². The van der Waals surface area contributed by atoms with Gasteiger partial charge in [-0.05, 0) is 105 Å². The molecule has 0 fully saturated rings. The summed E-state index contributed by atoms with van der Waals surface area (Å²) < 4.78 is 23.2. The van der Waals surface area contributed by atoms with E-state index in [1.807, 2.05) is 54.6 Å². The highest BCUT2D eigenvalue weighted by atomic mass is 32.1. The molecule has 23 aromatic rings. The molecule has 0 unspecified atom stereocenters. The van der Waals surface area contributed by atoms with Gasteiger partial charge in [-0.25, -0.2) is 29.9 Å². The van der Waals surface area contributed by atoms with Crippen LogP contribution in [0.25, 0.3) is 187 Å². The maximum Gasteiger partial charge on any atom is 0.160 e. The second kappa shape index (κ2) is 27.2. The molecular weight excluding hydrogens is 1530 g/mol. The number of benzene rings is 17. The van der Waals surface area contributed by atoms with Gasteiger partial charge in [0, 0.05) is 114 Å². The van der Waals surface area contributed by atoms with Gasteiger partial charge < -0.3 is 13.9 Å². The van der Waals surface area contributed by atoms with Gasteiger partial charge in [0.25, 0.3) is 0 Å². The lowest BCUT2D eigenvalue weighted by Crippen LogP contribution is -2.32. The number of para-hydroxylation sites is 6. The molecule has 576 valence electrons. The molecule has 0 saturated heterocycles. The van der Waals surface area contributed by atoms with Crippen LogP contribution in [0.4, 0.5) is 0 Å². The number of hydrogen-bond acceptors (Lipinski definition) is 10. The summed E-state index contributed by atoms with van der Waals surface area (Å²) in [6, 6.07) is 141. The number of rotatable bonds is 7. The molecule has 27 rings (SSSR count). The van der Waals surface area contributed by atoms with Crippen molar-refractivity contribution in [3.63, 3.8) is 0 Å². The summed E-state index contributed by atoms with van der Waals surface area (Å²) in [5.74, 6) is 4.81. The standard InChI is InChI=1S/C60H35N3O2.C54H31N3OS/c1-2-16-36(17-3-1)59-62-51(35-52(63-59)44-25-15-24-42-41-22-7-12-30-53(41)64-57(42)44)37-18-14-19-38(34-37)56-45-32-33-49-58(55(45)43-23-6-11-29-50(43)61-56)65-54-31-13-10-28-48(54)60(49)46-26-8-4-20-39(46)40-21-5-9-27-47(40)60;1-2-15-32(16-3-1)53-56-49(52-50(57-53)38-22-7-13-28-46(38)59-52)34-18-14-17-33(31-34)48-39-29-30-43-51(47(39)37-21-6-11-26-44(37)55-48)58-45-27-12-10-25-42(45)54(43)40-23-8-4-19-35(40)36-20-5-9-24-41(36)54/h1-35H;1-31H. The summed E-state index contributed by atoms with van der Waals surface area (Å²) in [5.41, 5.74) is 29.0. The first-order valence-corrected chi connectivity index (χ1v) is 42.8. The summed E-state index contributed by atoms with van der Waals surface area (Å²) in [6.45, 7) is 0. The normalized spacial score (nSPS) is 13.3. The van der Waals surface area contributed by atoms with E-state index in [2.05, 4.69) is 346 Å². The molecule has 0 radical (unpaired) electrons. The summed E-state index contributed by atoms with van der Waals surface area (Å²) in [5, 5.41) is 9.52. The molecule has 0 bridgehead atoms. The molecule has 2 spiro atoms. The van der Waals surface area contributed by atoms with Gasteiger partial charge in [-0.2, -0.15) is 0 Å². The van der Waals surface area contributed by atoms with Gasteiger partial charge in [-0.1, -0.05) is 340 Å². The minimum Gasteiger partial charge on any atom is -0.456 e. The first-order valence-electron chi connectivity index (χ1n) is 41.9. The van der Waals surface area contributed by atoms with Gasteiger partial charge in [0.05, 0.1) is 60.5 Å². The van der Waals surface area contributed by atoms with Gasteiger partial charge in [0.1, 0.15) is 34.2 Å². The molecule has 8 heterocycles. The molecule has 10 heteroatoms. The fourth-order valence-corrected chi connectivity index (χ4v) is 21.8. The second-order valence-electron chi connectivity index (χ2n) is 32.4. The molecule has 0 saturated carbocycles. The van der Waals surface area contributed by atoms with Gasteiger partial charge in [-0.3, -0.25) is 0 Å². The summed E-state index contributed by atoms with van der Waals surface area (Å²) in [7, 11) is 0. The molecule has 4 aliphatic rings. The number of pyridine rings is 2. The lowest BCUT2D eigenvalue weighted by Gasteiger charge is -2.40. The van der Waals surface area contributed by atoms with Crippen LogP contribution >= 0.6 is 11.3 Å². The zero-order chi connectivity index (χ0) is 81.3. The number of thiophene rings is 1. The van der Waals surface area contributed by atoms with Crippen LogP contribution in [0.3, 0.4) is 0 Å². The van der Waals surface area contributed by atoms with Crippen molar-refractivity contribution in [2.75, 3.05) is 0 Å². The van der Waals surface area contributed by atoms with Crippen LogP contribution in [0.2, 0.25) is 0 Å². The Kier molecular flexibility index (Phi) is 15.3. The Hall–Kier alpha value is -16.1. The Balaban J connectivity index is 0.000000133. The third-order valence-electron chi connectivity index (χ3n) is 25.9. The predicted molar refractivity (Wildman–Crippen MR) is 503 cm³/mol. The van der Waals surface area contributed by atoms with E-state index in [1.165, 1.54) is 49.2 Å². The Morgan fingerprint density at radius 3 is 1.20 bits per heavy atom. The van der Waals surface area contributed by atoms with Crippen molar-refractivity contribution in [3.8, 4) is 124 Å². The Morgan fingerprint density at radius 1 is 0.242 bits per heavy atom. The number of aromatic nitrogens is 6. The van der Waals surface area contributed by atoms with Crippen LogP contribution < -0.4 is 9.47 Å². The molecule has 0 amide bonds. The number of ether oxygens (including phenoxy) is 2. The Bertz CT molecular complexity index is 8400. The molecular formula is C114H66N6O3S. The number of nitrogens with zero attached hydrogens (tertiary/aromatic N) is 6. The minimum atomic E-state index is -0.579. The monoisotopic (exact) mass is 1600 g/mol. The van der Waals surface area contributed by atoms with E-state index in [4.69, 9.17) is 43.8 Å². The Morgan fingerprint density at radius 2 is 0.645 bits per heavy atom. The van der Waals surface area contributed by atoms with Gasteiger partial charge >= 0.3 is 0 Å². The van der Waals surface area contributed by atoms with Crippen molar-refractivity contribution >= 4 is 96.9 Å². The quantitative estimate of drug-likeness (QED) is 0.144. The van der Waals surface area contributed by atoms with Crippen molar-refractivity contribution in [3.05, 3.63) is 445 Å². The van der Waals surface area contributed by atoms with E-state index in [1.54, 1.807) is 11.3 Å². The highest BCUT2D eigenvalue weighted by Crippen LogP contribution is 2.66. The van der Waals surface area contributed by atoms with Crippen molar-refractivity contribution in [2.45, 2.75) is 10.8 Å². The lowest BCUT2D eigenvalue weighted by molar-refractivity contribution is 0.442. The summed E-state index contributed by atoms with van der Waals surface area (Å²) in [6.07, 6.45) is 0. The van der Waals surface area contributed by atoms with Crippen molar-refractivity contribution < 1.29 is 13.9 Å². The number of hydrogen-bond donors (Lipinski definition) is 0. The molecule has 0 N–H and O–H groups in total. The SMILES string of the molecule is c1ccc(-c2nc(-c3cccc(-c4nc5ccccc5c5c6c(ccc45)C4(c5ccccc5O6)c5ccccc5-c5ccccc54)c3)c3sc4ccccc4c3n2)cc1.c1ccc(-c2nc(-c3cccc(-c4nc5ccccc5c5c6c(ccc45)C4(c5ccccc5O6)c5ccccc5-c5ccccc54)c3)cc(-c3cccc4c3oc3ccccc34)n2)cc1. The minimum absolute atomic E-state index is 0.560. The van der Waals surface area contributed by atoms with Crippen LogP contribution in [0, 0.1) is 0 Å². The highest BCUT2D eigenvalue weighted by Gasteiger charge is 2.53. The summed E-state index contributed by atoms with van der Waals surface area (Å²) >= 11 is 1.75. The van der Waals surface area contributed by atoms with Gasteiger partial charge in [-0.15, -0.1) is 11.3 Å². The first-order chi connectivity index (χ1) is 61.5. The van der Waals surface area contributed by atoms with Crippen LogP contribution in [-0.4, -0.2) is 29.9 Å². The average molecular weight is 1600 g/mol. The van der Waals surface area contributed by atoms with Crippen LogP contribution in [-0.2, 0) is 10.8 Å². The molecule has 0 atom stereocenters. The molecule has 2 aliphatic carbocycles. The van der Waals surface area contributed by atoms with E-state index in [0.29, 0.717) is 11.6 Å².